The van der Waals surface area contributed by atoms with Crippen LogP contribution in [0.25, 0.3) is 0 Å². The minimum Gasteiger partial charge on any atom is -0.479 e. The summed E-state index contributed by atoms with van der Waals surface area (Å²) in [6.07, 6.45) is 0.262. The van der Waals surface area contributed by atoms with Crippen LogP contribution in [-0.4, -0.2) is 41.0 Å². The van der Waals surface area contributed by atoms with Crippen LogP contribution in [0.3, 0.4) is 0 Å². The first kappa shape index (κ1) is 21.0. The van der Waals surface area contributed by atoms with Gasteiger partial charge in [0.15, 0.2) is 5.96 Å². The Morgan fingerprint density at radius 2 is 1.96 bits per heavy atom. The van der Waals surface area contributed by atoms with Crippen molar-refractivity contribution in [3.05, 3.63) is 34.9 Å². The number of carbonyl (C=O) groups excluding carboxylic acids is 1. The molecule has 10 heteroatoms. The second-order valence-corrected chi connectivity index (χ2v) is 6.31. The molecule has 1 rings (SSSR count). The van der Waals surface area contributed by atoms with Crippen molar-refractivity contribution in [3.8, 4) is 0 Å². The first-order chi connectivity index (χ1) is 11.7. The number of nitrogens with zero attached hydrogens (tertiary/aromatic N) is 1. The van der Waals surface area contributed by atoms with Crippen LogP contribution in [0.1, 0.15) is 18.4 Å². The third-order valence-corrected chi connectivity index (χ3v) is 4.02. The molecule has 0 saturated carbocycles. The third-order valence-electron chi connectivity index (χ3n) is 3.21. The fraction of sp³-hybridized carbons (Fsp3) is 0.400. The van der Waals surface area contributed by atoms with Gasteiger partial charge in [0.25, 0.3) is 0 Å². The van der Waals surface area contributed by atoms with Crippen LogP contribution in [0.15, 0.2) is 29.3 Å². The number of benzene rings is 1. The van der Waals surface area contributed by atoms with Crippen molar-refractivity contribution < 1.29 is 14.7 Å². The summed E-state index contributed by atoms with van der Waals surface area (Å²) in [5.41, 5.74) is 11.2. The molecule has 0 aromatic heterocycles. The largest absolute Gasteiger partial charge is 0.479 e. The van der Waals surface area contributed by atoms with Crippen LogP contribution >= 0.6 is 23.2 Å². The van der Waals surface area contributed by atoms with Gasteiger partial charge in [-0.2, -0.15) is 0 Å². The van der Waals surface area contributed by atoms with Crippen LogP contribution in [0.4, 0.5) is 0 Å². The molecule has 0 aliphatic heterocycles. The van der Waals surface area contributed by atoms with E-state index in [-0.39, 0.29) is 25.5 Å². The molecule has 1 atom stereocenters. The van der Waals surface area contributed by atoms with Crippen LogP contribution in [0.2, 0.25) is 5.02 Å². The molecule has 1 aromatic rings. The summed E-state index contributed by atoms with van der Waals surface area (Å²) >= 11 is 12.0. The second-order valence-electron chi connectivity index (χ2n) is 5.26. The molecule has 138 valence electrons. The monoisotopic (exact) mass is 389 g/mol. The van der Waals surface area contributed by atoms with Gasteiger partial charge in [-0.25, -0.2) is 4.79 Å². The molecule has 7 N–H and O–H groups in total. The quantitative estimate of drug-likeness (QED) is 0.130. The number of aliphatic carboxylic acids is 1. The summed E-state index contributed by atoms with van der Waals surface area (Å²) in [4.78, 5) is 25.1. The minimum absolute atomic E-state index is 0.0308. The number of carboxylic acids is 1. The highest BCUT2D eigenvalue weighted by atomic mass is 35.5. The molecule has 0 bridgehead atoms. The van der Waals surface area contributed by atoms with Gasteiger partial charge in [0.1, 0.15) is 0 Å². The summed E-state index contributed by atoms with van der Waals surface area (Å²) in [5.74, 6) is -1.99. The highest BCUT2D eigenvalue weighted by Crippen LogP contribution is 2.19. The van der Waals surface area contributed by atoms with Gasteiger partial charge < -0.3 is 27.2 Å². The SMILES string of the molecule is NC(N)=NCCC[C@](Cl)(NC(=O)CNCc1ccccc1Cl)C(=O)O. The Morgan fingerprint density at radius 1 is 1.28 bits per heavy atom. The molecule has 0 unspecified atom stereocenters. The Morgan fingerprint density at radius 3 is 2.56 bits per heavy atom. The Balaban J connectivity index is 2.48. The number of guanidine groups is 1. The molecule has 1 aromatic carbocycles. The van der Waals surface area contributed by atoms with Crippen molar-refractivity contribution in [2.24, 2.45) is 16.5 Å². The molecule has 0 heterocycles. The fourth-order valence-corrected chi connectivity index (χ4v) is 2.41. The van der Waals surface area contributed by atoms with Gasteiger partial charge in [-0.1, -0.05) is 41.4 Å². The van der Waals surface area contributed by atoms with E-state index in [9.17, 15) is 14.7 Å². The molecule has 0 fully saturated rings. The summed E-state index contributed by atoms with van der Waals surface area (Å²) < 4.78 is 0. The van der Waals surface area contributed by atoms with Crippen molar-refractivity contribution in [2.75, 3.05) is 13.1 Å². The number of hydrogen-bond donors (Lipinski definition) is 5. The molecule has 0 radical (unpaired) electrons. The average molecular weight is 390 g/mol. The Bertz CT molecular complexity index is 637. The molecule has 1 amide bonds. The normalized spacial score (nSPS) is 12.9. The van der Waals surface area contributed by atoms with Gasteiger partial charge in [0, 0.05) is 18.1 Å². The lowest BCUT2D eigenvalue weighted by atomic mass is 10.1. The number of rotatable bonds is 10. The predicted octanol–water partition coefficient (Wildman–Crippen LogP) is 0.619. The zero-order valence-electron chi connectivity index (χ0n) is 13.5. The minimum atomic E-state index is -1.91. The fourth-order valence-electron chi connectivity index (χ4n) is 1.97. The predicted molar refractivity (Wildman–Crippen MR) is 97.4 cm³/mol. The van der Waals surface area contributed by atoms with Crippen LogP contribution in [0.5, 0.6) is 0 Å². The third kappa shape index (κ3) is 7.59. The maximum Gasteiger partial charge on any atom is 0.345 e. The molecule has 0 saturated heterocycles. The Kier molecular flexibility index (Phi) is 8.47. The number of carboxylic acid groups (broad SMARTS) is 1. The number of carbonyl (C=O) groups is 2. The zero-order chi connectivity index (χ0) is 18.9. The maximum atomic E-state index is 12.0. The summed E-state index contributed by atoms with van der Waals surface area (Å²) in [5, 5.41) is 15.0. The van der Waals surface area contributed by atoms with E-state index in [0.29, 0.717) is 18.0 Å². The van der Waals surface area contributed by atoms with Gasteiger partial charge in [0.2, 0.25) is 10.9 Å². The van der Waals surface area contributed by atoms with E-state index in [0.717, 1.165) is 5.56 Å². The van der Waals surface area contributed by atoms with Gasteiger partial charge in [-0.15, -0.1) is 0 Å². The van der Waals surface area contributed by atoms with E-state index in [1.165, 1.54) is 0 Å². The van der Waals surface area contributed by atoms with Gasteiger partial charge >= 0.3 is 5.97 Å². The lowest BCUT2D eigenvalue weighted by molar-refractivity contribution is -0.143. The van der Waals surface area contributed by atoms with Gasteiger partial charge in [-0.3, -0.25) is 9.79 Å². The lowest BCUT2D eigenvalue weighted by Crippen LogP contribution is -2.52. The lowest BCUT2D eigenvalue weighted by Gasteiger charge is -2.23. The van der Waals surface area contributed by atoms with Gasteiger partial charge in [-0.05, 0) is 24.5 Å². The number of nitrogens with one attached hydrogen (secondary N) is 2. The highest BCUT2D eigenvalue weighted by Gasteiger charge is 2.37. The topological polar surface area (TPSA) is 143 Å². The number of halogens is 2. The van der Waals surface area contributed by atoms with E-state index in [4.69, 9.17) is 34.7 Å². The molecule has 8 nitrogen and oxygen atoms in total. The first-order valence-electron chi connectivity index (χ1n) is 7.47. The molecular formula is C15H21Cl2N5O3. The zero-order valence-corrected chi connectivity index (χ0v) is 15.0. The van der Waals surface area contributed by atoms with E-state index in [1.807, 2.05) is 12.1 Å². The van der Waals surface area contributed by atoms with Crippen molar-refractivity contribution in [2.45, 2.75) is 24.4 Å². The standard InChI is InChI=1S/C15H21Cl2N5O3/c16-11-5-2-1-4-10(11)8-20-9-12(23)22-15(17,13(24)25)6-3-7-21-14(18)19/h1-2,4-5,20H,3,6-9H2,(H,22,23)(H,24,25)(H4,18,19,21)/t15-/m0/s1. The average Bonchev–Trinajstić information content (AvgIpc) is 2.53. The number of alkyl halides is 1. The Labute approximate surface area is 155 Å². The van der Waals surface area contributed by atoms with Crippen molar-refractivity contribution in [3.63, 3.8) is 0 Å². The maximum absolute atomic E-state index is 12.0. The van der Waals surface area contributed by atoms with Gasteiger partial charge in [0.05, 0.1) is 6.54 Å². The van der Waals surface area contributed by atoms with Crippen molar-refractivity contribution >= 4 is 41.0 Å². The first-order valence-corrected chi connectivity index (χ1v) is 8.23. The summed E-state index contributed by atoms with van der Waals surface area (Å²) in [7, 11) is 0. The molecular weight excluding hydrogens is 369 g/mol. The summed E-state index contributed by atoms with van der Waals surface area (Å²) in [6, 6.07) is 7.19. The molecule has 0 aliphatic carbocycles. The number of hydrogen-bond acceptors (Lipinski definition) is 4. The van der Waals surface area contributed by atoms with E-state index >= 15 is 0 Å². The molecule has 0 aliphatic rings. The van der Waals surface area contributed by atoms with E-state index in [2.05, 4.69) is 15.6 Å². The van der Waals surface area contributed by atoms with Crippen molar-refractivity contribution in [1.29, 1.82) is 0 Å². The smallest absolute Gasteiger partial charge is 0.345 e. The highest BCUT2D eigenvalue weighted by molar-refractivity contribution is 6.34. The Hall–Kier alpha value is -2.03. The number of amides is 1. The second kappa shape index (κ2) is 10.1. The van der Waals surface area contributed by atoms with E-state index in [1.54, 1.807) is 12.1 Å². The van der Waals surface area contributed by atoms with Crippen molar-refractivity contribution in [1.82, 2.24) is 10.6 Å². The number of aliphatic imine (C=N–C) groups is 1. The molecule has 0 spiro atoms. The van der Waals surface area contributed by atoms with Crippen LogP contribution in [0, 0.1) is 0 Å². The van der Waals surface area contributed by atoms with Crippen LogP contribution in [-0.2, 0) is 16.1 Å². The number of nitrogens with two attached hydrogens (primary N) is 2. The molecule has 25 heavy (non-hydrogen) atoms. The summed E-state index contributed by atoms with van der Waals surface area (Å²) in [6.45, 7) is 0.464. The van der Waals surface area contributed by atoms with Crippen LogP contribution < -0.4 is 22.1 Å². The van der Waals surface area contributed by atoms with E-state index < -0.39 is 16.9 Å².